The molecule has 0 aliphatic heterocycles. The first-order valence-corrected chi connectivity index (χ1v) is 4.95. The lowest BCUT2D eigenvalue weighted by Crippen LogP contribution is -2.24. The van der Waals surface area contributed by atoms with Crippen LogP contribution in [0.25, 0.3) is 0 Å². The van der Waals surface area contributed by atoms with Gasteiger partial charge in [0.1, 0.15) is 6.10 Å². The third-order valence-corrected chi connectivity index (χ3v) is 2.30. The molecule has 1 heterocycles. The molecule has 2 unspecified atom stereocenters. The van der Waals surface area contributed by atoms with Gasteiger partial charge in [0, 0.05) is 18.0 Å². The Kier molecular flexibility index (Phi) is 4.44. The zero-order chi connectivity index (χ0) is 13.1. The molecular weight excluding hydrogens is 237 g/mol. The minimum absolute atomic E-state index is 0.00730. The van der Waals surface area contributed by atoms with Gasteiger partial charge in [0.25, 0.3) is 0 Å². The van der Waals surface area contributed by atoms with Crippen molar-refractivity contribution < 1.29 is 23.4 Å². The maximum atomic E-state index is 12.6. The molecule has 0 aromatic carbocycles. The molecule has 0 spiro atoms. The van der Waals surface area contributed by atoms with Crippen LogP contribution < -0.4 is 5.73 Å². The van der Waals surface area contributed by atoms with Gasteiger partial charge in [-0.3, -0.25) is 4.98 Å². The molecule has 0 radical (unpaired) electrons. The summed E-state index contributed by atoms with van der Waals surface area (Å²) in [5.41, 5.74) is 3.71. The lowest BCUT2D eigenvalue weighted by molar-refractivity contribution is -0.140. The third kappa shape index (κ3) is 3.39. The second-order valence-electron chi connectivity index (χ2n) is 3.55. The molecule has 1 rings (SSSR count). The average molecular weight is 250 g/mol. The van der Waals surface area contributed by atoms with Crippen LogP contribution in [0.4, 0.5) is 13.2 Å². The van der Waals surface area contributed by atoms with Crippen molar-refractivity contribution in [2.75, 3.05) is 6.54 Å². The van der Waals surface area contributed by atoms with Gasteiger partial charge in [0.2, 0.25) is 0 Å². The number of aromatic nitrogens is 1. The number of hydrogen-bond donors (Lipinski definition) is 3. The molecule has 0 bridgehead atoms. The van der Waals surface area contributed by atoms with Crippen molar-refractivity contribution in [3.8, 4) is 0 Å². The quantitative estimate of drug-likeness (QED) is 0.740. The summed E-state index contributed by atoms with van der Waals surface area (Å²) in [5, 5.41) is 19.1. The molecule has 4 N–H and O–H groups in total. The van der Waals surface area contributed by atoms with Crippen LogP contribution in [0.3, 0.4) is 0 Å². The molecule has 7 heteroatoms. The van der Waals surface area contributed by atoms with Crippen LogP contribution in [0, 0.1) is 0 Å². The summed E-state index contributed by atoms with van der Waals surface area (Å²) in [5.74, 6) is 0. The standard InChI is InChI=1S/C10H13F3N2O2/c11-10(12,13)7-2-4-15-5-6(7)9(17)8(16)1-3-14/h2,4-5,8-9,16-17H,1,3,14H2. The van der Waals surface area contributed by atoms with E-state index in [2.05, 4.69) is 4.98 Å². The maximum absolute atomic E-state index is 12.6. The highest BCUT2D eigenvalue weighted by Gasteiger charge is 2.36. The number of aliphatic hydroxyl groups is 2. The molecule has 2 atom stereocenters. The molecule has 1 aromatic rings. The van der Waals surface area contributed by atoms with Crippen LogP contribution in [-0.4, -0.2) is 27.8 Å². The van der Waals surface area contributed by atoms with Crippen molar-refractivity contribution in [1.82, 2.24) is 4.98 Å². The highest BCUT2D eigenvalue weighted by atomic mass is 19.4. The Balaban J connectivity index is 3.05. The number of nitrogens with two attached hydrogens (primary N) is 1. The van der Waals surface area contributed by atoms with Crippen molar-refractivity contribution in [3.05, 3.63) is 29.6 Å². The normalized spacial score (nSPS) is 15.6. The van der Waals surface area contributed by atoms with E-state index in [4.69, 9.17) is 5.73 Å². The molecule has 0 fully saturated rings. The molecule has 0 aliphatic rings. The number of aliphatic hydroxyl groups excluding tert-OH is 2. The largest absolute Gasteiger partial charge is 0.416 e. The zero-order valence-corrected chi connectivity index (χ0v) is 8.85. The van der Waals surface area contributed by atoms with Crippen LogP contribution in [0.1, 0.15) is 23.7 Å². The van der Waals surface area contributed by atoms with Gasteiger partial charge in [-0.25, -0.2) is 0 Å². The summed E-state index contributed by atoms with van der Waals surface area (Å²) in [6.45, 7) is 0.0693. The maximum Gasteiger partial charge on any atom is 0.416 e. The van der Waals surface area contributed by atoms with E-state index < -0.39 is 29.5 Å². The lowest BCUT2D eigenvalue weighted by Gasteiger charge is -2.20. The van der Waals surface area contributed by atoms with Crippen molar-refractivity contribution in [3.63, 3.8) is 0 Å². The summed E-state index contributed by atoms with van der Waals surface area (Å²) in [4.78, 5) is 3.52. The van der Waals surface area contributed by atoms with Gasteiger partial charge in [-0.05, 0) is 19.0 Å². The van der Waals surface area contributed by atoms with Gasteiger partial charge in [0.15, 0.2) is 0 Å². The SMILES string of the molecule is NCCC(O)C(O)c1cnccc1C(F)(F)F. The summed E-state index contributed by atoms with van der Waals surface area (Å²) in [6.07, 6.45) is -5.70. The summed E-state index contributed by atoms with van der Waals surface area (Å²) in [6, 6.07) is 0.758. The van der Waals surface area contributed by atoms with E-state index in [1.54, 1.807) is 0 Å². The van der Waals surface area contributed by atoms with Crippen molar-refractivity contribution in [2.45, 2.75) is 24.8 Å². The fourth-order valence-electron chi connectivity index (χ4n) is 1.44. The van der Waals surface area contributed by atoms with Gasteiger partial charge < -0.3 is 15.9 Å². The smallest absolute Gasteiger partial charge is 0.390 e. The second-order valence-corrected chi connectivity index (χ2v) is 3.55. The number of nitrogens with zero attached hydrogens (tertiary/aromatic N) is 1. The van der Waals surface area contributed by atoms with E-state index in [0.29, 0.717) is 0 Å². The minimum Gasteiger partial charge on any atom is -0.390 e. The van der Waals surface area contributed by atoms with E-state index in [-0.39, 0.29) is 13.0 Å². The first-order valence-electron chi connectivity index (χ1n) is 4.95. The number of pyridine rings is 1. The molecule has 0 saturated heterocycles. The molecule has 0 amide bonds. The van der Waals surface area contributed by atoms with Gasteiger partial charge in [-0.2, -0.15) is 13.2 Å². The van der Waals surface area contributed by atoms with Crippen LogP contribution in [0.5, 0.6) is 0 Å². The predicted molar refractivity (Wildman–Crippen MR) is 53.9 cm³/mol. The molecule has 17 heavy (non-hydrogen) atoms. The van der Waals surface area contributed by atoms with Gasteiger partial charge >= 0.3 is 6.18 Å². The number of alkyl halides is 3. The summed E-state index contributed by atoms with van der Waals surface area (Å²) < 4.78 is 37.8. The second kappa shape index (κ2) is 5.44. The zero-order valence-electron chi connectivity index (χ0n) is 8.85. The van der Waals surface area contributed by atoms with Crippen LogP contribution in [-0.2, 0) is 6.18 Å². The van der Waals surface area contributed by atoms with E-state index in [1.165, 1.54) is 0 Å². The van der Waals surface area contributed by atoms with Crippen LogP contribution in [0.2, 0.25) is 0 Å². The first-order chi connectivity index (χ1) is 7.88. The molecule has 96 valence electrons. The van der Waals surface area contributed by atoms with Crippen molar-refractivity contribution in [2.24, 2.45) is 5.73 Å². The summed E-state index contributed by atoms with van der Waals surface area (Å²) in [7, 11) is 0. The monoisotopic (exact) mass is 250 g/mol. The molecular formula is C10H13F3N2O2. The topological polar surface area (TPSA) is 79.4 Å². The van der Waals surface area contributed by atoms with E-state index in [0.717, 1.165) is 18.5 Å². The Hall–Kier alpha value is -1.18. The van der Waals surface area contributed by atoms with Gasteiger partial charge in [-0.15, -0.1) is 0 Å². The van der Waals surface area contributed by atoms with E-state index in [1.807, 2.05) is 0 Å². The number of hydrogen-bond acceptors (Lipinski definition) is 4. The van der Waals surface area contributed by atoms with Gasteiger partial charge in [0.05, 0.1) is 11.7 Å². The Morgan fingerprint density at radius 1 is 1.35 bits per heavy atom. The van der Waals surface area contributed by atoms with Crippen molar-refractivity contribution >= 4 is 0 Å². The minimum atomic E-state index is -4.60. The molecule has 1 aromatic heterocycles. The first kappa shape index (κ1) is 13.9. The fraction of sp³-hybridized carbons (Fsp3) is 0.500. The Morgan fingerprint density at radius 3 is 2.53 bits per heavy atom. The van der Waals surface area contributed by atoms with Crippen LogP contribution in [0.15, 0.2) is 18.5 Å². The predicted octanol–water partition coefficient (Wildman–Crippen LogP) is 0.843. The third-order valence-electron chi connectivity index (χ3n) is 2.30. The lowest BCUT2D eigenvalue weighted by atomic mass is 9.99. The highest BCUT2D eigenvalue weighted by Crippen LogP contribution is 2.35. The number of halogens is 3. The number of rotatable bonds is 4. The Labute approximate surface area is 95.9 Å². The molecule has 0 aliphatic carbocycles. The Bertz CT molecular complexity index is 371. The van der Waals surface area contributed by atoms with E-state index in [9.17, 15) is 23.4 Å². The molecule has 0 saturated carbocycles. The average Bonchev–Trinajstić information content (AvgIpc) is 2.27. The van der Waals surface area contributed by atoms with Crippen LogP contribution >= 0.6 is 0 Å². The highest BCUT2D eigenvalue weighted by molar-refractivity contribution is 5.28. The Morgan fingerprint density at radius 2 is 2.00 bits per heavy atom. The molecule has 4 nitrogen and oxygen atoms in total. The van der Waals surface area contributed by atoms with Crippen molar-refractivity contribution in [1.29, 1.82) is 0 Å². The summed E-state index contributed by atoms with van der Waals surface area (Å²) >= 11 is 0. The van der Waals surface area contributed by atoms with E-state index >= 15 is 0 Å². The fourth-order valence-corrected chi connectivity index (χ4v) is 1.44. The van der Waals surface area contributed by atoms with Gasteiger partial charge in [-0.1, -0.05) is 0 Å².